The van der Waals surface area contributed by atoms with Crippen molar-refractivity contribution < 1.29 is 9.84 Å². The summed E-state index contributed by atoms with van der Waals surface area (Å²) in [5, 5.41) is 12.5. The third-order valence-electron chi connectivity index (χ3n) is 3.37. The Morgan fingerprint density at radius 3 is 2.55 bits per heavy atom. The number of aromatic nitrogens is 1. The number of hydrogen-bond donors (Lipinski definition) is 1. The molecule has 0 atom stereocenters. The molecule has 102 valence electrons. The third-order valence-corrected chi connectivity index (χ3v) is 4.55. The summed E-state index contributed by atoms with van der Waals surface area (Å²) in [6, 6.07) is 12.1. The van der Waals surface area contributed by atoms with E-state index in [0.717, 1.165) is 37.7 Å². The van der Waals surface area contributed by atoms with Gasteiger partial charge in [-0.3, -0.25) is 0 Å². The molecule has 0 fully saturated rings. The molecule has 20 heavy (non-hydrogen) atoms. The number of fused-ring (bicyclic) bond motifs is 1. The summed E-state index contributed by atoms with van der Waals surface area (Å²) in [7, 11) is 1.68. The van der Waals surface area contributed by atoms with Crippen LogP contribution in [0, 0.1) is 6.92 Å². The molecule has 0 unspecified atom stereocenters. The molecule has 3 aromatic rings. The van der Waals surface area contributed by atoms with Crippen LogP contribution in [0.25, 0.3) is 21.3 Å². The Balaban J connectivity index is 2.26. The van der Waals surface area contributed by atoms with Gasteiger partial charge in [0.05, 0.1) is 24.3 Å². The van der Waals surface area contributed by atoms with E-state index in [1.165, 1.54) is 11.3 Å². The number of aryl methyl sites for hydroxylation is 1. The number of thiazole rings is 1. The van der Waals surface area contributed by atoms with Gasteiger partial charge in [0.25, 0.3) is 0 Å². The Hall–Kier alpha value is -1.91. The van der Waals surface area contributed by atoms with Crippen LogP contribution < -0.4 is 4.74 Å². The minimum atomic E-state index is 0.0393. The molecule has 0 saturated carbocycles. The summed E-state index contributed by atoms with van der Waals surface area (Å²) in [6.07, 6.45) is 0. The molecule has 1 N–H and O–H groups in total. The maximum Gasteiger partial charge on any atom is 0.126 e. The molecule has 0 bridgehead atoms. The van der Waals surface area contributed by atoms with Gasteiger partial charge in [0.15, 0.2) is 0 Å². The number of aliphatic hydroxyl groups is 1. The molecule has 1 aromatic heterocycles. The highest BCUT2D eigenvalue weighted by atomic mass is 32.1. The lowest BCUT2D eigenvalue weighted by molar-refractivity contribution is 0.284. The second-order valence-corrected chi connectivity index (χ2v) is 5.63. The lowest BCUT2D eigenvalue weighted by Crippen LogP contribution is -1.87. The van der Waals surface area contributed by atoms with E-state index in [9.17, 15) is 5.11 Å². The molecule has 3 rings (SSSR count). The van der Waals surface area contributed by atoms with Crippen molar-refractivity contribution in [3.05, 3.63) is 47.0 Å². The van der Waals surface area contributed by atoms with Gasteiger partial charge in [0, 0.05) is 10.9 Å². The van der Waals surface area contributed by atoms with Crippen LogP contribution in [-0.2, 0) is 6.61 Å². The lowest BCUT2D eigenvalue weighted by Gasteiger charge is -2.08. The molecule has 4 heteroatoms. The summed E-state index contributed by atoms with van der Waals surface area (Å²) in [4.78, 5) is 5.49. The predicted molar refractivity (Wildman–Crippen MR) is 82.3 cm³/mol. The summed E-state index contributed by atoms with van der Waals surface area (Å²) < 4.78 is 5.41. The van der Waals surface area contributed by atoms with E-state index in [-0.39, 0.29) is 6.61 Å². The number of rotatable bonds is 3. The van der Waals surface area contributed by atoms with Gasteiger partial charge in [-0.1, -0.05) is 24.3 Å². The highest BCUT2D eigenvalue weighted by Crippen LogP contribution is 2.36. The smallest absolute Gasteiger partial charge is 0.126 e. The first-order valence-corrected chi connectivity index (χ1v) is 7.19. The van der Waals surface area contributed by atoms with E-state index in [1.54, 1.807) is 7.11 Å². The second-order valence-electron chi connectivity index (χ2n) is 4.55. The van der Waals surface area contributed by atoms with Crippen molar-refractivity contribution in [1.82, 2.24) is 4.98 Å². The Kier molecular flexibility index (Phi) is 3.42. The quantitative estimate of drug-likeness (QED) is 0.796. The molecule has 0 saturated heterocycles. The zero-order valence-electron chi connectivity index (χ0n) is 11.4. The van der Waals surface area contributed by atoms with Crippen LogP contribution in [0.1, 0.15) is 10.6 Å². The van der Waals surface area contributed by atoms with E-state index >= 15 is 0 Å². The fourth-order valence-corrected chi connectivity index (χ4v) is 3.29. The number of aliphatic hydroxyl groups excluding tert-OH is 1. The maximum atomic E-state index is 9.32. The van der Waals surface area contributed by atoms with Gasteiger partial charge in [-0.2, -0.15) is 0 Å². The first-order chi connectivity index (χ1) is 9.74. The molecule has 3 nitrogen and oxygen atoms in total. The van der Waals surface area contributed by atoms with Crippen molar-refractivity contribution >= 4 is 22.1 Å². The van der Waals surface area contributed by atoms with Gasteiger partial charge in [-0.15, -0.1) is 11.3 Å². The Bertz CT molecular complexity index is 764. The van der Waals surface area contributed by atoms with Gasteiger partial charge in [-0.25, -0.2) is 4.98 Å². The lowest BCUT2D eigenvalue weighted by atomic mass is 10.0. The monoisotopic (exact) mass is 285 g/mol. The molecule has 0 aliphatic heterocycles. The number of ether oxygens (including phenoxy) is 1. The topological polar surface area (TPSA) is 42.4 Å². The fourth-order valence-electron chi connectivity index (χ4n) is 2.33. The zero-order chi connectivity index (χ0) is 14.1. The predicted octanol–water partition coefficient (Wildman–Crippen LogP) is 3.77. The minimum Gasteiger partial charge on any atom is -0.496 e. The highest BCUT2D eigenvalue weighted by molar-refractivity contribution is 7.15. The SMILES string of the molecule is COc1ccc(-c2nc(C)c(CO)s2)c2ccccc12. The second kappa shape index (κ2) is 5.23. The first kappa shape index (κ1) is 13.1. The van der Waals surface area contributed by atoms with Crippen LogP contribution in [-0.4, -0.2) is 17.2 Å². The molecule has 0 spiro atoms. The highest BCUT2D eigenvalue weighted by Gasteiger charge is 2.13. The summed E-state index contributed by atoms with van der Waals surface area (Å²) in [6.45, 7) is 1.97. The van der Waals surface area contributed by atoms with E-state index in [0.29, 0.717) is 0 Å². The minimum absolute atomic E-state index is 0.0393. The Morgan fingerprint density at radius 2 is 1.90 bits per heavy atom. The fraction of sp³-hybridized carbons (Fsp3) is 0.188. The largest absolute Gasteiger partial charge is 0.496 e. The third kappa shape index (κ3) is 2.07. The van der Waals surface area contributed by atoms with Gasteiger partial charge in [0.2, 0.25) is 0 Å². The zero-order valence-corrected chi connectivity index (χ0v) is 12.2. The van der Waals surface area contributed by atoms with Gasteiger partial charge < -0.3 is 9.84 Å². The first-order valence-electron chi connectivity index (χ1n) is 6.38. The van der Waals surface area contributed by atoms with E-state index in [4.69, 9.17) is 4.74 Å². The standard InChI is InChI=1S/C16H15NO2S/c1-10-15(9-18)20-16(17-10)13-7-8-14(19-2)12-6-4-3-5-11(12)13/h3-8,18H,9H2,1-2H3. The van der Waals surface area contributed by atoms with Crippen LogP contribution in [0.5, 0.6) is 5.75 Å². The average Bonchev–Trinajstić information content (AvgIpc) is 2.87. The van der Waals surface area contributed by atoms with Gasteiger partial charge in [-0.05, 0) is 24.4 Å². The van der Waals surface area contributed by atoms with E-state index < -0.39 is 0 Å². The van der Waals surface area contributed by atoms with Crippen LogP contribution >= 0.6 is 11.3 Å². The summed E-state index contributed by atoms with van der Waals surface area (Å²) in [5.41, 5.74) is 1.97. The summed E-state index contributed by atoms with van der Waals surface area (Å²) >= 11 is 1.54. The van der Waals surface area contributed by atoms with E-state index in [1.807, 2.05) is 37.3 Å². The molecule has 0 amide bonds. The molecular weight excluding hydrogens is 270 g/mol. The molecule has 0 aliphatic carbocycles. The van der Waals surface area contributed by atoms with Crippen molar-refractivity contribution in [1.29, 1.82) is 0 Å². The summed E-state index contributed by atoms with van der Waals surface area (Å²) in [5.74, 6) is 0.861. The van der Waals surface area contributed by atoms with Gasteiger partial charge >= 0.3 is 0 Å². The van der Waals surface area contributed by atoms with Crippen molar-refractivity contribution in [3.8, 4) is 16.3 Å². The number of benzene rings is 2. The van der Waals surface area contributed by atoms with E-state index in [2.05, 4.69) is 11.1 Å². The van der Waals surface area contributed by atoms with Gasteiger partial charge in [0.1, 0.15) is 10.8 Å². The average molecular weight is 285 g/mol. The number of methoxy groups -OCH3 is 1. The van der Waals surface area contributed by atoms with Crippen LogP contribution in [0.2, 0.25) is 0 Å². The van der Waals surface area contributed by atoms with Crippen LogP contribution in [0.4, 0.5) is 0 Å². The molecular formula is C16H15NO2S. The van der Waals surface area contributed by atoms with Crippen molar-refractivity contribution in [2.45, 2.75) is 13.5 Å². The van der Waals surface area contributed by atoms with Crippen molar-refractivity contribution in [2.75, 3.05) is 7.11 Å². The van der Waals surface area contributed by atoms with Crippen LogP contribution in [0.3, 0.4) is 0 Å². The number of nitrogens with zero attached hydrogens (tertiary/aromatic N) is 1. The maximum absolute atomic E-state index is 9.32. The normalized spacial score (nSPS) is 10.9. The van der Waals surface area contributed by atoms with Crippen molar-refractivity contribution in [3.63, 3.8) is 0 Å². The van der Waals surface area contributed by atoms with Crippen LogP contribution in [0.15, 0.2) is 36.4 Å². The molecule has 0 radical (unpaired) electrons. The number of hydrogen-bond acceptors (Lipinski definition) is 4. The molecule has 0 aliphatic rings. The molecule has 2 aromatic carbocycles. The Morgan fingerprint density at radius 1 is 1.15 bits per heavy atom. The molecule has 1 heterocycles. The van der Waals surface area contributed by atoms with Crippen molar-refractivity contribution in [2.24, 2.45) is 0 Å². The Labute approximate surface area is 121 Å².